The van der Waals surface area contributed by atoms with Gasteiger partial charge in [-0.15, -0.1) is 0 Å². The van der Waals surface area contributed by atoms with Crippen molar-refractivity contribution in [3.8, 4) is 0 Å². The summed E-state index contributed by atoms with van der Waals surface area (Å²) in [6.45, 7) is 4.83. The van der Waals surface area contributed by atoms with Crippen molar-refractivity contribution in [1.82, 2.24) is 10.2 Å². The van der Waals surface area contributed by atoms with Crippen LogP contribution in [0.25, 0.3) is 0 Å². The SMILES string of the molecule is CCC1(CN(C)C2CCCCC2)CCCN1. The zero-order valence-corrected chi connectivity index (χ0v) is 11.1. The molecule has 0 spiro atoms. The summed E-state index contributed by atoms with van der Waals surface area (Å²) in [5, 5.41) is 3.75. The van der Waals surface area contributed by atoms with Crippen LogP contribution in [0.5, 0.6) is 0 Å². The average Bonchev–Trinajstić information content (AvgIpc) is 2.79. The first-order chi connectivity index (χ1) is 7.76. The fourth-order valence-corrected chi connectivity index (χ4v) is 3.55. The second kappa shape index (κ2) is 5.50. The Bertz CT molecular complexity index is 203. The monoisotopic (exact) mass is 224 g/mol. The molecular weight excluding hydrogens is 196 g/mol. The molecule has 2 rings (SSSR count). The van der Waals surface area contributed by atoms with Gasteiger partial charge in [0.05, 0.1) is 0 Å². The summed E-state index contributed by atoms with van der Waals surface area (Å²) >= 11 is 0. The van der Waals surface area contributed by atoms with Gasteiger partial charge in [-0.25, -0.2) is 0 Å². The number of nitrogens with zero attached hydrogens (tertiary/aromatic N) is 1. The van der Waals surface area contributed by atoms with Crippen LogP contribution in [0.3, 0.4) is 0 Å². The summed E-state index contributed by atoms with van der Waals surface area (Å²) in [7, 11) is 2.34. The van der Waals surface area contributed by atoms with E-state index in [0.29, 0.717) is 5.54 Å². The van der Waals surface area contributed by atoms with Crippen molar-refractivity contribution in [3.05, 3.63) is 0 Å². The summed E-state index contributed by atoms with van der Waals surface area (Å²) in [4.78, 5) is 2.64. The minimum atomic E-state index is 0.437. The quantitative estimate of drug-likeness (QED) is 0.790. The van der Waals surface area contributed by atoms with Crippen LogP contribution in [0.1, 0.15) is 58.3 Å². The lowest BCUT2D eigenvalue weighted by molar-refractivity contribution is 0.141. The first-order valence-corrected chi connectivity index (χ1v) is 7.21. The maximum atomic E-state index is 3.75. The normalized spacial score (nSPS) is 32.4. The van der Waals surface area contributed by atoms with Gasteiger partial charge in [0.1, 0.15) is 0 Å². The molecule has 2 fully saturated rings. The van der Waals surface area contributed by atoms with Gasteiger partial charge >= 0.3 is 0 Å². The number of rotatable bonds is 4. The first-order valence-electron chi connectivity index (χ1n) is 7.21. The number of hydrogen-bond donors (Lipinski definition) is 1. The van der Waals surface area contributed by atoms with Gasteiger partial charge in [0, 0.05) is 18.1 Å². The maximum Gasteiger partial charge on any atom is 0.0306 e. The van der Waals surface area contributed by atoms with Gasteiger partial charge in [-0.3, -0.25) is 0 Å². The molecule has 2 heteroatoms. The largest absolute Gasteiger partial charge is 0.310 e. The van der Waals surface area contributed by atoms with Gasteiger partial charge in [-0.2, -0.15) is 0 Å². The van der Waals surface area contributed by atoms with Crippen molar-refractivity contribution in [2.45, 2.75) is 69.9 Å². The topological polar surface area (TPSA) is 15.3 Å². The minimum absolute atomic E-state index is 0.437. The van der Waals surface area contributed by atoms with Crippen LogP contribution < -0.4 is 5.32 Å². The zero-order chi connectivity index (χ0) is 11.4. The molecule has 16 heavy (non-hydrogen) atoms. The molecule has 2 nitrogen and oxygen atoms in total. The van der Waals surface area contributed by atoms with Gasteiger partial charge in [-0.05, 0) is 45.7 Å². The van der Waals surface area contributed by atoms with Crippen molar-refractivity contribution >= 4 is 0 Å². The van der Waals surface area contributed by atoms with Gasteiger partial charge in [0.15, 0.2) is 0 Å². The standard InChI is InChI=1S/C14H28N2/c1-3-14(10-7-11-15-14)12-16(2)13-8-5-4-6-9-13/h13,15H,3-12H2,1-2H3. The van der Waals surface area contributed by atoms with E-state index in [2.05, 4.69) is 24.2 Å². The van der Waals surface area contributed by atoms with Crippen LogP contribution >= 0.6 is 0 Å². The summed E-state index contributed by atoms with van der Waals surface area (Å²) in [5.74, 6) is 0. The van der Waals surface area contributed by atoms with Crippen LogP contribution in [0, 0.1) is 0 Å². The Kier molecular flexibility index (Phi) is 4.26. The minimum Gasteiger partial charge on any atom is -0.310 e. The smallest absolute Gasteiger partial charge is 0.0306 e. The predicted octanol–water partition coefficient (Wildman–Crippen LogP) is 2.78. The predicted molar refractivity (Wildman–Crippen MR) is 69.8 cm³/mol. The van der Waals surface area contributed by atoms with Crippen molar-refractivity contribution in [1.29, 1.82) is 0 Å². The molecule has 1 unspecified atom stereocenters. The van der Waals surface area contributed by atoms with Gasteiger partial charge < -0.3 is 10.2 Å². The Morgan fingerprint density at radius 3 is 2.50 bits per heavy atom. The third-order valence-corrected chi connectivity index (χ3v) is 4.76. The third kappa shape index (κ3) is 2.78. The Morgan fingerprint density at radius 1 is 1.19 bits per heavy atom. The zero-order valence-electron chi connectivity index (χ0n) is 11.1. The highest BCUT2D eigenvalue weighted by Crippen LogP contribution is 2.27. The highest BCUT2D eigenvalue weighted by atomic mass is 15.2. The van der Waals surface area contributed by atoms with Crippen LogP contribution in [-0.4, -0.2) is 36.6 Å². The van der Waals surface area contributed by atoms with Gasteiger partial charge in [-0.1, -0.05) is 26.2 Å². The Morgan fingerprint density at radius 2 is 1.94 bits per heavy atom. The summed E-state index contributed by atoms with van der Waals surface area (Å²) < 4.78 is 0. The van der Waals surface area contributed by atoms with Gasteiger partial charge in [0.2, 0.25) is 0 Å². The molecule has 1 atom stereocenters. The summed E-state index contributed by atoms with van der Waals surface area (Å²) in [6, 6.07) is 0.861. The van der Waals surface area contributed by atoms with Crippen molar-refractivity contribution in [3.63, 3.8) is 0 Å². The lowest BCUT2D eigenvalue weighted by atomic mass is 9.90. The third-order valence-electron chi connectivity index (χ3n) is 4.76. The van der Waals surface area contributed by atoms with E-state index in [1.807, 2.05) is 0 Å². The van der Waals surface area contributed by atoms with E-state index in [1.165, 1.54) is 64.5 Å². The fourth-order valence-electron chi connectivity index (χ4n) is 3.55. The maximum absolute atomic E-state index is 3.75. The van der Waals surface area contributed by atoms with Crippen LogP contribution in [0.15, 0.2) is 0 Å². The highest BCUT2D eigenvalue weighted by Gasteiger charge is 2.34. The fraction of sp³-hybridized carbons (Fsp3) is 1.00. The van der Waals surface area contributed by atoms with E-state index in [9.17, 15) is 0 Å². The molecule has 0 aromatic carbocycles. The molecule has 0 bridgehead atoms. The molecule has 0 radical (unpaired) electrons. The van der Waals surface area contributed by atoms with Crippen LogP contribution in [0.2, 0.25) is 0 Å². The van der Waals surface area contributed by atoms with E-state index in [0.717, 1.165) is 6.04 Å². The Labute approximate surface area is 101 Å². The Hall–Kier alpha value is -0.0800. The molecule has 1 heterocycles. The van der Waals surface area contributed by atoms with E-state index < -0.39 is 0 Å². The van der Waals surface area contributed by atoms with E-state index in [4.69, 9.17) is 0 Å². The molecule has 1 saturated carbocycles. The molecule has 0 amide bonds. The van der Waals surface area contributed by atoms with E-state index in [1.54, 1.807) is 0 Å². The van der Waals surface area contributed by atoms with E-state index in [-0.39, 0.29) is 0 Å². The first kappa shape index (κ1) is 12.4. The van der Waals surface area contributed by atoms with Gasteiger partial charge in [0.25, 0.3) is 0 Å². The molecule has 0 aromatic rings. The van der Waals surface area contributed by atoms with Crippen molar-refractivity contribution in [2.24, 2.45) is 0 Å². The second-order valence-electron chi connectivity index (χ2n) is 5.87. The molecule has 94 valence electrons. The molecule has 2 aliphatic rings. The lowest BCUT2D eigenvalue weighted by Gasteiger charge is -2.38. The molecule has 1 N–H and O–H groups in total. The van der Waals surface area contributed by atoms with Crippen LogP contribution in [-0.2, 0) is 0 Å². The number of likely N-dealkylation sites (N-methyl/N-ethyl adjacent to an activating group) is 1. The van der Waals surface area contributed by atoms with E-state index >= 15 is 0 Å². The second-order valence-corrected chi connectivity index (χ2v) is 5.87. The number of nitrogens with one attached hydrogen (secondary N) is 1. The Balaban J connectivity index is 1.86. The average molecular weight is 224 g/mol. The number of hydrogen-bond acceptors (Lipinski definition) is 2. The lowest BCUT2D eigenvalue weighted by Crippen LogP contribution is -2.51. The summed E-state index contributed by atoms with van der Waals surface area (Å²) in [5.41, 5.74) is 0.437. The molecular formula is C14H28N2. The molecule has 1 saturated heterocycles. The molecule has 0 aromatic heterocycles. The van der Waals surface area contributed by atoms with Crippen molar-refractivity contribution in [2.75, 3.05) is 20.1 Å². The summed E-state index contributed by atoms with van der Waals surface area (Å²) in [6.07, 6.45) is 11.2. The highest BCUT2D eigenvalue weighted by molar-refractivity contribution is 4.95. The molecule has 1 aliphatic heterocycles. The van der Waals surface area contributed by atoms with Crippen LogP contribution in [0.4, 0.5) is 0 Å². The molecule has 1 aliphatic carbocycles. The van der Waals surface area contributed by atoms with Crippen molar-refractivity contribution < 1.29 is 0 Å².